The van der Waals surface area contributed by atoms with Gasteiger partial charge in [-0.15, -0.1) is 0 Å². The van der Waals surface area contributed by atoms with Crippen molar-refractivity contribution in [3.63, 3.8) is 0 Å². The summed E-state index contributed by atoms with van der Waals surface area (Å²) < 4.78 is 14.8. The molecule has 1 aromatic carbocycles. The van der Waals surface area contributed by atoms with Crippen LogP contribution in [0.15, 0.2) is 60.8 Å². The minimum Gasteiger partial charge on any atom is -0.400 e. The lowest BCUT2D eigenvalue weighted by molar-refractivity contribution is 0.1000. The Bertz CT molecular complexity index is 989. The summed E-state index contributed by atoms with van der Waals surface area (Å²) in [6.07, 6.45) is 4.63. The molecule has 9 heteroatoms. The Morgan fingerprint density at radius 2 is 1.81 bits per heavy atom. The highest BCUT2D eigenvalue weighted by atomic mass is 19.1. The largest absolute Gasteiger partial charge is 0.400 e. The van der Waals surface area contributed by atoms with Crippen LogP contribution in [-0.2, 0) is 0 Å². The Labute approximate surface area is 154 Å². The molecule has 6 N–H and O–H groups in total. The van der Waals surface area contributed by atoms with Crippen LogP contribution in [0.4, 0.5) is 10.1 Å². The fourth-order valence-electron chi connectivity index (χ4n) is 2.50. The smallest absolute Gasteiger partial charge is 0.250 e. The van der Waals surface area contributed by atoms with Crippen LogP contribution in [0.3, 0.4) is 0 Å². The van der Waals surface area contributed by atoms with Crippen molar-refractivity contribution in [1.29, 1.82) is 0 Å². The maximum Gasteiger partial charge on any atom is 0.250 e. The van der Waals surface area contributed by atoms with E-state index in [1.807, 2.05) is 0 Å². The number of aromatic nitrogens is 3. The van der Waals surface area contributed by atoms with Crippen LogP contribution in [0.2, 0.25) is 0 Å². The van der Waals surface area contributed by atoms with Gasteiger partial charge >= 0.3 is 0 Å². The van der Waals surface area contributed by atoms with Crippen LogP contribution in [0.1, 0.15) is 23.0 Å². The fourth-order valence-corrected chi connectivity index (χ4v) is 2.50. The monoisotopic (exact) mass is 367 g/mol. The number of carbonyl (C=O) groups is 1. The average Bonchev–Trinajstić information content (AvgIpc) is 3.11. The fraction of sp³-hybridized carbons (Fsp3) is 0.0556. The summed E-state index contributed by atoms with van der Waals surface area (Å²) >= 11 is 0. The van der Waals surface area contributed by atoms with Crippen molar-refractivity contribution in [2.75, 3.05) is 5.01 Å². The second-order valence-electron chi connectivity index (χ2n) is 5.81. The standard InChI is InChI=1S/C18H18FN7O/c1-11(20)17(26(22)14-5-3-13(19)4-6-14)15-9-25(10-24-15)16-7-2-12(8-23-16)18(21)27/h2-10H,20,22H2,1H3,(H2,21,27)/b17-11-. The quantitative estimate of drug-likeness (QED) is 0.463. The molecule has 0 fully saturated rings. The Morgan fingerprint density at radius 3 is 2.37 bits per heavy atom. The van der Waals surface area contributed by atoms with Gasteiger partial charge in [-0.05, 0) is 43.3 Å². The Hall–Kier alpha value is -3.72. The van der Waals surface area contributed by atoms with Gasteiger partial charge in [0.15, 0.2) is 0 Å². The summed E-state index contributed by atoms with van der Waals surface area (Å²) in [5, 5.41) is 1.34. The van der Waals surface area contributed by atoms with Crippen molar-refractivity contribution >= 4 is 17.3 Å². The zero-order valence-electron chi connectivity index (χ0n) is 14.5. The number of hydrogen-bond donors (Lipinski definition) is 3. The predicted molar refractivity (Wildman–Crippen MR) is 99.7 cm³/mol. The minimum absolute atomic E-state index is 0.307. The molecule has 138 valence electrons. The first kappa shape index (κ1) is 18.1. The number of anilines is 1. The molecule has 3 aromatic rings. The summed E-state index contributed by atoms with van der Waals surface area (Å²) in [6, 6.07) is 8.91. The molecular weight excluding hydrogens is 349 g/mol. The first-order chi connectivity index (χ1) is 12.9. The second-order valence-corrected chi connectivity index (χ2v) is 5.81. The molecule has 0 saturated heterocycles. The van der Waals surface area contributed by atoms with E-state index in [0.717, 1.165) is 0 Å². The molecule has 0 aliphatic rings. The first-order valence-electron chi connectivity index (χ1n) is 7.94. The van der Waals surface area contributed by atoms with Gasteiger partial charge in [-0.3, -0.25) is 14.4 Å². The molecular formula is C18H18FN7O. The highest BCUT2D eigenvalue weighted by molar-refractivity contribution is 5.92. The molecule has 0 spiro atoms. The number of hydrazine groups is 1. The van der Waals surface area contributed by atoms with Gasteiger partial charge in [0.25, 0.3) is 0 Å². The van der Waals surface area contributed by atoms with E-state index in [-0.39, 0.29) is 5.82 Å². The maximum atomic E-state index is 13.2. The van der Waals surface area contributed by atoms with Crippen molar-refractivity contribution in [1.82, 2.24) is 14.5 Å². The third-order valence-corrected chi connectivity index (χ3v) is 3.84. The van der Waals surface area contributed by atoms with Crippen LogP contribution >= 0.6 is 0 Å². The molecule has 2 heterocycles. The van der Waals surface area contributed by atoms with E-state index in [1.165, 1.54) is 23.3 Å². The summed E-state index contributed by atoms with van der Waals surface area (Å²) in [5.41, 5.74) is 13.5. The number of imidazole rings is 1. The molecule has 0 bridgehead atoms. The van der Waals surface area contributed by atoms with Crippen molar-refractivity contribution < 1.29 is 9.18 Å². The third kappa shape index (κ3) is 3.77. The number of nitrogens with zero attached hydrogens (tertiary/aromatic N) is 4. The first-order valence-corrected chi connectivity index (χ1v) is 7.94. The van der Waals surface area contributed by atoms with Gasteiger partial charge in [0.1, 0.15) is 29.4 Å². The average molecular weight is 367 g/mol. The predicted octanol–water partition coefficient (Wildman–Crippen LogP) is 1.53. The molecule has 27 heavy (non-hydrogen) atoms. The van der Waals surface area contributed by atoms with Gasteiger partial charge in [-0.2, -0.15) is 0 Å². The summed E-state index contributed by atoms with van der Waals surface area (Å²) in [5.74, 6) is 5.80. The topological polar surface area (TPSA) is 129 Å². The van der Waals surface area contributed by atoms with E-state index in [2.05, 4.69) is 9.97 Å². The summed E-state index contributed by atoms with van der Waals surface area (Å²) in [7, 11) is 0. The highest BCUT2D eigenvalue weighted by Crippen LogP contribution is 2.24. The van der Waals surface area contributed by atoms with E-state index in [4.69, 9.17) is 17.3 Å². The number of primary amides is 1. The lowest BCUT2D eigenvalue weighted by atomic mass is 10.2. The Morgan fingerprint density at radius 1 is 1.11 bits per heavy atom. The lowest BCUT2D eigenvalue weighted by Gasteiger charge is -2.22. The molecule has 0 saturated carbocycles. The molecule has 0 unspecified atom stereocenters. The van der Waals surface area contributed by atoms with E-state index in [0.29, 0.717) is 34.2 Å². The molecule has 0 radical (unpaired) electrons. The van der Waals surface area contributed by atoms with Crippen LogP contribution in [0, 0.1) is 5.82 Å². The number of amides is 1. The minimum atomic E-state index is -0.553. The highest BCUT2D eigenvalue weighted by Gasteiger charge is 2.16. The van der Waals surface area contributed by atoms with Gasteiger partial charge < -0.3 is 11.5 Å². The van der Waals surface area contributed by atoms with Crippen LogP contribution in [0.5, 0.6) is 0 Å². The van der Waals surface area contributed by atoms with Crippen LogP contribution in [-0.4, -0.2) is 20.4 Å². The van der Waals surface area contributed by atoms with Crippen molar-refractivity contribution in [3.05, 3.63) is 77.9 Å². The Balaban J connectivity index is 1.93. The van der Waals surface area contributed by atoms with Gasteiger partial charge in [-0.25, -0.2) is 20.2 Å². The molecule has 0 aliphatic carbocycles. The molecule has 0 aliphatic heterocycles. The molecule has 3 rings (SSSR count). The van der Waals surface area contributed by atoms with Crippen molar-refractivity contribution in [3.8, 4) is 5.82 Å². The van der Waals surface area contributed by atoms with Crippen molar-refractivity contribution in [2.45, 2.75) is 6.92 Å². The van der Waals surface area contributed by atoms with Crippen molar-refractivity contribution in [2.24, 2.45) is 17.3 Å². The van der Waals surface area contributed by atoms with Gasteiger partial charge in [0, 0.05) is 18.1 Å². The summed E-state index contributed by atoms with van der Waals surface area (Å²) in [6.45, 7) is 1.69. The number of benzene rings is 1. The van der Waals surface area contributed by atoms with Gasteiger partial charge in [0.05, 0.1) is 11.3 Å². The third-order valence-electron chi connectivity index (χ3n) is 3.84. The summed E-state index contributed by atoms with van der Waals surface area (Å²) in [4.78, 5) is 19.7. The number of allylic oxidation sites excluding steroid dienone is 1. The molecule has 2 aromatic heterocycles. The SMILES string of the molecule is C/C(N)=C(\c1cn(-c2ccc(C(N)=O)cn2)cn1)N(N)c1ccc(F)cc1. The number of nitrogens with two attached hydrogens (primary N) is 3. The zero-order valence-corrected chi connectivity index (χ0v) is 14.5. The van der Waals surface area contributed by atoms with E-state index in [1.54, 1.807) is 48.3 Å². The Kier molecular flexibility index (Phi) is 4.86. The van der Waals surface area contributed by atoms with E-state index < -0.39 is 5.91 Å². The number of carbonyl (C=O) groups excluding carboxylic acids is 1. The number of hydrogen-bond acceptors (Lipinski definition) is 6. The van der Waals surface area contributed by atoms with Crippen LogP contribution < -0.4 is 22.3 Å². The normalized spacial score (nSPS) is 11.8. The molecule has 1 amide bonds. The molecule has 0 atom stereocenters. The second kappa shape index (κ2) is 7.26. The number of rotatable bonds is 5. The van der Waals surface area contributed by atoms with E-state index in [9.17, 15) is 9.18 Å². The van der Waals surface area contributed by atoms with Gasteiger partial charge in [0.2, 0.25) is 5.91 Å². The number of halogens is 1. The van der Waals surface area contributed by atoms with E-state index >= 15 is 0 Å². The maximum absolute atomic E-state index is 13.2. The molecule has 8 nitrogen and oxygen atoms in total. The lowest BCUT2D eigenvalue weighted by Crippen LogP contribution is -2.31. The zero-order chi connectivity index (χ0) is 19.6. The van der Waals surface area contributed by atoms with Gasteiger partial charge in [-0.1, -0.05) is 0 Å². The number of pyridine rings is 1. The van der Waals surface area contributed by atoms with Crippen LogP contribution in [0.25, 0.3) is 11.5 Å².